The SMILES string of the molecule is CCC(C)(CCO)NCC(O)COC(C)CC(C)C. The van der Waals surface area contributed by atoms with Crippen molar-refractivity contribution in [3.05, 3.63) is 0 Å². The number of hydrogen-bond acceptors (Lipinski definition) is 4. The standard InChI is InChI=1S/C15H33NO3/c1-6-15(5,7-8-17)16-10-14(18)11-19-13(4)9-12(2)3/h12-14,16-18H,6-11H2,1-5H3. The molecule has 3 atom stereocenters. The van der Waals surface area contributed by atoms with Gasteiger partial charge in [0.15, 0.2) is 0 Å². The van der Waals surface area contributed by atoms with Gasteiger partial charge in [-0.15, -0.1) is 0 Å². The Morgan fingerprint density at radius 2 is 1.89 bits per heavy atom. The molecular formula is C15H33NO3. The molecule has 0 aliphatic heterocycles. The number of aliphatic hydroxyl groups is 2. The number of nitrogens with one attached hydrogen (secondary N) is 1. The summed E-state index contributed by atoms with van der Waals surface area (Å²) in [6.45, 7) is 11.5. The van der Waals surface area contributed by atoms with Crippen LogP contribution in [-0.2, 0) is 4.74 Å². The first-order valence-electron chi connectivity index (χ1n) is 7.48. The maximum Gasteiger partial charge on any atom is 0.0898 e. The van der Waals surface area contributed by atoms with Crippen molar-refractivity contribution < 1.29 is 14.9 Å². The summed E-state index contributed by atoms with van der Waals surface area (Å²) >= 11 is 0. The van der Waals surface area contributed by atoms with Crippen LogP contribution in [0.1, 0.15) is 53.9 Å². The fourth-order valence-corrected chi connectivity index (χ4v) is 2.07. The largest absolute Gasteiger partial charge is 0.396 e. The zero-order chi connectivity index (χ0) is 14.9. The van der Waals surface area contributed by atoms with E-state index in [1.54, 1.807) is 0 Å². The van der Waals surface area contributed by atoms with Crippen LogP contribution >= 0.6 is 0 Å². The molecule has 19 heavy (non-hydrogen) atoms. The molecule has 4 heteroatoms. The lowest BCUT2D eigenvalue weighted by atomic mass is 9.95. The minimum atomic E-state index is -0.501. The van der Waals surface area contributed by atoms with Crippen molar-refractivity contribution in [2.24, 2.45) is 5.92 Å². The smallest absolute Gasteiger partial charge is 0.0898 e. The van der Waals surface area contributed by atoms with Crippen molar-refractivity contribution in [1.82, 2.24) is 5.32 Å². The van der Waals surface area contributed by atoms with E-state index < -0.39 is 6.10 Å². The summed E-state index contributed by atoms with van der Waals surface area (Å²) in [5, 5.41) is 22.3. The summed E-state index contributed by atoms with van der Waals surface area (Å²) in [4.78, 5) is 0. The summed E-state index contributed by atoms with van der Waals surface area (Å²) < 4.78 is 5.63. The van der Waals surface area contributed by atoms with Crippen LogP contribution in [0, 0.1) is 5.92 Å². The third-order valence-corrected chi connectivity index (χ3v) is 3.58. The van der Waals surface area contributed by atoms with Gasteiger partial charge in [-0.3, -0.25) is 0 Å². The molecule has 0 aromatic rings. The van der Waals surface area contributed by atoms with Crippen LogP contribution in [0.5, 0.6) is 0 Å². The van der Waals surface area contributed by atoms with Crippen molar-refractivity contribution in [2.45, 2.75) is 71.6 Å². The Labute approximate surface area is 118 Å². The maximum atomic E-state index is 9.91. The van der Waals surface area contributed by atoms with Gasteiger partial charge in [-0.05, 0) is 39.0 Å². The highest BCUT2D eigenvalue weighted by Crippen LogP contribution is 2.13. The van der Waals surface area contributed by atoms with E-state index in [1.165, 1.54) is 0 Å². The Bertz CT molecular complexity index is 223. The topological polar surface area (TPSA) is 61.7 Å². The van der Waals surface area contributed by atoms with Gasteiger partial charge in [-0.2, -0.15) is 0 Å². The number of ether oxygens (including phenoxy) is 1. The van der Waals surface area contributed by atoms with Gasteiger partial charge < -0.3 is 20.3 Å². The second-order valence-corrected chi connectivity index (χ2v) is 6.20. The fourth-order valence-electron chi connectivity index (χ4n) is 2.07. The van der Waals surface area contributed by atoms with Crippen LogP contribution < -0.4 is 5.32 Å². The van der Waals surface area contributed by atoms with Gasteiger partial charge in [-0.1, -0.05) is 20.8 Å². The summed E-state index contributed by atoms with van der Waals surface area (Å²) in [5.41, 5.74) is -0.112. The van der Waals surface area contributed by atoms with E-state index in [0.717, 1.165) is 12.8 Å². The summed E-state index contributed by atoms with van der Waals surface area (Å²) in [5.74, 6) is 0.609. The summed E-state index contributed by atoms with van der Waals surface area (Å²) in [7, 11) is 0. The summed E-state index contributed by atoms with van der Waals surface area (Å²) in [6.07, 6.45) is 2.31. The van der Waals surface area contributed by atoms with E-state index in [1.807, 2.05) is 6.92 Å². The minimum absolute atomic E-state index is 0.112. The Kier molecular flexibility index (Phi) is 9.62. The van der Waals surface area contributed by atoms with Gasteiger partial charge in [0.25, 0.3) is 0 Å². The van der Waals surface area contributed by atoms with Crippen molar-refractivity contribution >= 4 is 0 Å². The van der Waals surface area contributed by atoms with Crippen molar-refractivity contribution in [2.75, 3.05) is 19.8 Å². The van der Waals surface area contributed by atoms with E-state index in [0.29, 0.717) is 25.5 Å². The van der Waals surface area contributed by atoms with Crippen LogP contribution in [-0.4, -0.2) is 47.7 Å². The molecule has 0 aromatic heterocycles. The molecule has 116 valence electrons. The molecule has 0 fully saturated rings. The zero-order valence-corrected chi connectivity index (χ0v) is 13.3. The van der Waals surface area contributed by atoms with Crippen LogP contribution in [0.15, 0.2) is 0 Å². The highest BCUT2D eigenvalue weighted by molar-refractivity contribution is 4.82. The zero-order valence-electron chi connectivity index (χ0n) is 13.3. The molecule has 0 spiro atoms. The lowest BCUT2D eigenvalue weighted by Gasteiger charge is -2.30. The van der Waals surface area contributed by atoms with Crippen LogP contribution in [0.2, 0.25) is 0 Å². The highest BCUT2D eigenvalue weighted by atomic mass is 16.5. The first kappa shape index (κ1) is 18.8. The highest BCUT2D eigenvalue weighted by Gasteiger charge is 2.21. The number of β-amino-alcohol motifs (C(OH)–C–C–N with tert-alkyl or cyclic N) is 1. The molecule has 0 bridgehead atoms. The van der Waals surface area contributed by atoms with E-state index in [4.69, 9.17) is 9.84 Å². The molecule has 3 N–H and O–H groups in total. The van der Waals surface area contributed by atoms with Crippen LogP contribution in [0.3, 0.4) is 0 Å². The first-order chi connectivity index (χ1) is 8.83. The van der Waals surface area contributed by atoms with Crippen molar-refractivity contribution in [1.29, 1.82) is 0 Å². The molecule has 0 radical (unpaired) electrons. The van der Waals surface area contributed by atoms with Crippen LogP contribution in [0.25, 0.3) is 0 Å². The van der Waals surface area contributed by atoms with Crippen molar-refractivity contribution in [3.8, 4) is 0 Å². The van der Waals surface area contributed by atoms with Crippen LogP contribution in [0.4, 0.5) is 0 Å². The Morgan fingerprint density at radius 1 is 1.26 bits per heavy atom. The molecule has 0 aromatic carbocycles. The van der Waals surface area contributed by atoms with Gasteiger partial charge >= 0.3 is 0 Å². The number of hydrogen-bond donors (Lipinski definition) is 3. The fraction of sp³-hybridized carbons (Fsp3) is 1.00. The first-order valence-corrected chi connectivity index (χ1v) is 7.48. The minimum Gasteiger partial charge on any atom is -0.396 e. The van der Waals surface area contributed by atoms with E-state index in [-0.39, 0.29) is 18.2 Å². The van der Waals surface area contributed by atoms with E-state index in [2.05, 4.69) is 33.0 Å². The van der Waals surface area contributed by atoms with E-state index in [9.17, 15) is 5.11 Å². The van der Waals surface area contributed by atoms with Gasteiger partial charge in [0, 0.05) is 18.7 Å². The predicted molar refractivity (Wildman–Crippen MR) is 79.3 cm³/mol. The van der Waals surface area contributed by atoms with Gasteiger partial charge in [0.1, 0.15) is 0 Å². The average Bonchev–Trinajstić information content (AvgIpc) is 2.33. The van der Waals surface area contributed by atoms with Gasteiger partial charge in [0.2, 0.25) is 0 Å². The third-order valence-electron chi connectivity index (χ3n) is 3.58. The Balaban J connectivity index is 3.88. The quantitative estimate of drug-likeness (QED) is 0.539. The molecule has 0 amide bonds. The molecule has 0 aliphatic carbocycles. The molecule has 0 heterocycles. The Hall–Kier alpha value is -0.160. The number of aliphatic hydroxyl groups excluding tert-OH is 2. The normalized spacial score (nSPS) is 18.3. The Morgan fingerprint density at radius 3 is 2.37 bits per heavy atom. The second kappa shape index (κ2) is 9.70. The lowest BCUT2D eigenvalue weighted by Crippen LogP contribution is -2.47. The molecule has 0 rings (SSSR count). The number of rotatable bonds is 11. The summed E-state index contributed by atoms with van der Waals surface area (Å²) in [6, 6.07) is 0. The predicted octanol–water partition coefficient (Wildman–Crippen LogP) is 1.94. The third kappa shape index (κ3) is 9.38. The molecule has 3 unspecified atom stereocenters. The van der Waals surface area contributed by atoms with Gasteiger partial charge in [0.05, 0.1) is 18.8 Å². The second-order valence-electron chi connectivity index (χ2n) is 6.20. The molecule has 0 aliphatic rings. The molecular weight excluding hydrogens is 242 g/mol. The van der Waals surface area contributed by atoms with E-state index >= 15 is 0 Å². The monoisotopic (exact) mass is 275 g/mol. The van der Waals surface area contributed by atoms with Gasteiger partial charge in [-0.25, -0.2) is 0 Å². The molecule has 0 saturated carbocycles. The lowest BCUT2D eigenvalue weighted by molar-refractivity contribution is -0.0112. The molecule has 4 nitrogen and oxygen atoms in total. The average molecular weight is 275 g/mol. The van der Waals surface area contributed by atoms with Crippen molar-refractivity contribution in [3.63, 3.8) is 0 Å². The molecule has 0 saturated heterocycles. The maximum absolute atomic E-state index is 9.91.